The molecule has 21 heavy (non-hydrogen) atoms. The van der Waals surface area contributed by atoms with Gasteiger partial charge in [-0.1, -0.05) is 12.8 Å². The molecule has 2 atom stereocenters. The van der Waals surface area contributed by atoms with Crippen LogP contribution < -0.4 is 15.2 Å². The second-order valence-electron chi connectivity index (χ2n) is 5.30. The number of nitrogens with two attached hydrogens (primary N) is 1. The number of rotatable bonds is 5. The maximum Gasteiger partial charge on any atom is 0.240 e. The number of sulfonamides is 1. The number of hydrogen-bond donors (Lipinski definition) is 2. The average Bonchev–Trinajstić information content (AvgIpc) is 2.47. The van der Waals surface area contributed by atoms with Gasteiger partial charge in [-0.25, -0.2) is 17.5 Å². The maximum absolute atomic E-state index is 13.7. The first kappa shape index (κ1) is 16.2. The molecule has 1 aromatic rings. The van der Waals surface area contributed by atoms with E-state index in [1.54, 1.807) is 0 Å². The summed E-state index contributed by atoms with van der Waals surface area (Å²) in [6, 6.07) is 3.44. The Morgan fingerprint density at radius 1 is 1.38 bits per heavy atom. The van der Waals surface area contributed by atoms with Crippen LogP contribution in [0.3, 0.4) is 0 Å². The molecule has 0 radical (unpaired) electrons. The van der Waals surface area contributed by atoms with Gasteiger partial charge in [0.2, 0.25) is 10.0 Å². The van der Waals surface area contributed by atoms with Crippen LogP contribution in [0.1, 0.15) is 25.7 Å². The van der Waals surface area contributed by atoms with E-state index in [1.165, 1.54) is 19.2 Å². The summed E-state index contributed by atoms with van der Waals surface area (Å²) in [5.41, 5.74) is 5.70. The Morgan fingerprint density at radius 3 is 2.71 bits per heavy atom. The number of methoxy groups -OCH3 is 1. The van der Waals surface area contributed by atoms with Crippen LogP contribution in [0.5, 0.6) is 5.75 Å². The molecule has 0 spiro atoms. The third-order valence-corrected chi connectivity index (χ3v) is 5.44. The highest BCUT2D eigenvalue weighted by Crippen LogP contribution is 2.26. The first-order valence-corrected chi connectivity index (χ1v) is 8.52. The summed E-state index contributed by atoms with van der Waals surface area (Å²) in [4.78, 5) is -0.0952. The smallest absolute Gasteiger partial charge is 0.240 e. The molecule has 7 heteroatoms. The summed E-state index contributed by atoms with van der Waals surface area (Å²) >= 11 is 0. The van der Waals surface area contributed by atoms with Gasteiger partial charge in [-0.3, -0.25) is 0 Å². The van der Waals surface area contributed by atoms with Gasteiger partial charge in [0.1, 0.15) is 0 Å². The highest BCUT2D eigenvalue weighted by molar-refractivity contribution is 7.89. The van der Waals surface area contributed by atoms with Gasteiger partial charge in [0.05, 0.1) is 12.0 Å². The topological polar surface area (TPSA) is 81.4 Å². The lowest BCUT2D eigenvalue weighted by molar-refractivity contribution is 0.296. The second kappa shape index (κ2) is 6.72. The lowest BCUT2D eigenvalue weighted by Gasteiger charge is -2.31. The Bertz CT molecular complexity index is 592. The monoisotopic (exact) mass is 316 g/mol. The molecular weight excluding hydrogens is 295 g/mol. The van der Waals surface area contributed by atoms with Crippen molar-refractivity contribution in [2.45, 2.75) is 36.6 Å². The molecule has 2 unspecified atom stereocenters. The van der Waals surface area contributed by atoms with Crippen molar-refractivity contribution in [2.75, 3.05) is 13.7 Å². The van der Waals surface area contributed by atoms with Crippen molar-refractivity contribution in [3.63, 3.8) is 0 Å². The van der Waals surface area contributed by atoms with E-state index in [-0.39, 0.29) is 22.6 Å². The van der Waals surface area contributed by atoms with Crippen LogP contribution in [-0.4, -0.2) is 28.1 Å². The normalized spacial score (nSPS) is 23.0. The van der Waals surface area contributed by atoms with E-state index in [1.807, 2.05) is 0 Å². The van der Waals surface area contributed by atoms with Crippen LogP contribution in [0.25, 0.3) is 0 Å². The lowest BCUT2D eigenvalue weighted by atomic mass is 9.85. The molecule has 0 saturated heterocycles. The van der Waals surface area contributed by atoms with Gasteiger partial charge in [-0.15, -0.1) is 0 Å². The average molecular weight is 316 g/mol. The zero-order valence-electron chi connectivity index (χ0n) is 12.0. The van der Waals surface area contributed by atoms with Gasteiger partial charge in [-0.05, 0) is 43.5 Å². The number of benzene rings is 1. The quantitative estimate of drug-likeness (QED) is 0.865. The second-order valence-corrected chi connectivity index (χ2v) is 7.02. The van der Waals surface area contributed by atoms with E-state index < -0.39 is 15.8 Å². The molecule has 1 aliphatic carbocycles. The van der Waals surface area contributed by atoms with Crippen molar-refractivity contribution in [3.05, 3.63) is 24.0 Å². The van der Waals surface area contributed by atoms with Gasteiger partial charge in [-0.2, -0.15) is 0 Å². The molecule has 1 aromatic carbocycles. The Hall–Kier alpha value is -1.18. The summed E-state index contributed by atoms with van der Waals surface area (Å²) in [7, 11) is -2.42. The molecule has 118 valence electrons. The van der Waals surface area contributed by atoms with Crippen molar-refractivity contribution in [3.8, 4) is 5.75 Å². The minimum atomic E-state index is -3.75. The van der Waals surface area contributed by atoms with Crippen LogP contribution in [0.2, 0.25) is 0 Å². The zero-order valence-corrected chi connectivity index (χ0v) is 12.8. The number of ether oxygens (including phenoxy) is 1. The number of nitrogens with one attached hydrogen (secondary N) is 1. The molecular formula is C14H21FN2O3S. The fourth-order valence-electron chi connectivity index (χ4n) is 2.73. The molecule has 0 aromatic heterocycles. The fraction of sp³-hybridized carbons (Fsp3) is 0.571. The molecule has 1 aliphatic rings. The van der Waals surface area contributed by atoms with Crippen LogP contribution in [0, 0.1) is 11.7 Å². The minimum Gasteiger partial charge on any atom is -0.494 e. The van der Waals surface area contributed by atoms with E-state index in [4.69, 9.17) is 10.5 Å². The summed E-state index contributed by atoms with van der Waals surface area (Å²) in [5, 5.41) is 0. The Kier molecular flexibility index (Phi) is 5.18. The van der Waals surface area contributed by atoms with Gasteiger partial charge in [0.25, 0.3) is 0 Å². The van der Waals surface area contributed by atoms with Gasteiger partial charge in [0.15, 0.2) is 11.6 Å². The lowest BCUT2D eigenvalue weighted by Crippen LogP contribution is -2.44. The van der Waals surface area contributed by atoms with Crippen LogP contribution >= 0.6 is 0 Å². The summed E-state index contributed by atoms with van der Waals surface area (Å²) in [6.45, 7) is 0.449. The van der Waals surface area contributed by atoms with Crippen molar-refractivity contribution < 1.29 is 17.5 Å². The largest absolute Gasteiger partial charge is 0.494 e. The van der Waals surface area contributed by atoms with Crippen LogP contribution in [0.15, 0.2) is 23.1 Å². The summed E-state index contributed by atoms with van der Waals surface area (Å²) in [5.74, 6) is -0.539. The summed E-state index contributed by atoms with van der Waals surface area (Å²) < 4.78 is 45.8. The SMILES string of the molecule is COc1ccc(S(=O)(=O)NC2CCCCC2CN)cc1F. The van der Waals surface area contributed by atoms with Gasteiger partial charge >= 0.3 is 0 Å². The minimum absolute atomic E-state index is 0.0199. The predicted octanol–water partition coefficient (Wildman–Crippen LogP) is 1.63. The molecule has 2 rings (SSSR count). The first-order chi connectivity index (χ1) is 9.97. The zero-order chi connectivity index (χ0) is 15.5. The molecule has 5 nitrogen and oxygen atoms in total. The van der Waals surface area contributed by atoms with Gasteiger partial charge < -0.3 is 10.5 Å². The number of halogens is 1. The predicted molar refractivity (Wildman–Crippen MR) is 78.1 cm³/mol. The van der Waals surface area contributed by atoms with Gasteiger partial charge in [0, 0.05) is 6.04 Å². The fourth-order valence-corrected chi connectivity index (χ4v) is 4.08. The molecule has 0 amide bonds. The van der Waals surface area contributed by atoms with Crippen molar-refractivity contribution in [1.29, 1.82) is 0 Å². The van der Waals surface area contributed by atoms with E-state index in [0.29, 0.717) is 6.54 Å². The van der Waals surface area contributed by atoms with E-state index in [9.17, 15) is 12.8 Å². The Morgan fingerprint density at radius 2 is 2.10 bits per heavy atom. The first-order valence-electron chi connectivity index (χ1n) is 7.04. The van der Waals surface area contributed by atoms with E-state index in [2.05, 4.69) is 4.72 Å². The Balaban J connectivity index is 2.19. The highest BCUT2D eigenvalue weighted by atomic mass is 32.2. The summed E-state index contributed by atoms with van der Waals surface area (Å²) in [6.07, 6.45) is 3.72. The van der Waals surface area contributed by atoms with Crippen molar-refractivity contribution >= 4 is 10.0 Å². The molecule has 0 aliphatic heterocycles. The number of hydrogen-bond acceptors (Lipinski definition) is 4. The van der Waals surface area contributed by atoms with Crippen molar-refractivity contribution in [2.24, 2.45) is 11.7 Å². The molecule has 0 bridgehead atoms. The third-order valence-electron chi connectivity index (χ3n) is 3.95. The molecule has 1 fully saturated rings. The highest BCUT2D eigenvalue weighted by Gasteiger charge is 2.29. The molecule has 0 heterocycles. The van der Waals surface area contributed by atoms with E-state index >= 15 is 0 Å². The third kappa shape index (κ3) is 3.72. The Labute approximate surface area is 124 Å². The van der Waals surface area contributed by atoms with Crippen LogP contribution in [0.4, 0.5) is 4.39 Å². The van der Waals surface area contributed by atoms with E-state index in [0.717, 1.165) is 31.7 Å². The van der Waals surface area contributed by atoms with Crippen molar-refractivity contribution in [1.82, 2.24) is 4.72 Å². The van der Waals surface area contributed by atoms with Crippen LogP contribution in [-0.2, 0) is 10.0 Å². The molecule has 3 N–H and O–H groups in total. The molecule has 1 saturated carbocycles. The maximum atomic E-state index is 13.7. The standard InChI is InChI=1S/C14H21FN2O3S/c1-20-14-7-6-11(8-12(14)15)21(18,19)17-13-5-3-2-4-10(13)9-16/h6-8,10,13,17H,2-5,9,16H2,1H3.